The monoisotopic (exact) mass is 273 g/mol. The number of rotatable bonds is 3. The first kappa shape index (κ1) is 13.0. The van der Waals surface area contributed by atoms with Crippen LogP contribution in [0.15, 0.2) is 24.5 Å². The first-order valence-corrected chi connectivity index (χ1v) is 6.71. The van der Waals surface area contributed by atoms with Crippen LogP contribution in [0.4, 0.5) is 4.39 Å². The van der Waals surface area contributed by atoms with Crippen LogP contribution in [0, 0.1) is 5.82 Å². The van der Waals surface area contributed by atoms with Gasteiger partial charge in [-0.05, 0) is 24.1 Å². The van der Waals surface area contributed by atoms with Gasteiger partial charge < -0.3 is 10.5 Å². The molecule has 0 aliphatic carbocycles. The first-order valence-electron chi connectivity index (χ1n) is 6.71. The number of hydrogen-bond acceptors (Lipinski definition) is 4. The number of ether oxygens (including phenoxy) is 1. The third-order valence-electron chi connectivity index (χ3n) is 3.49. The predicted octanol–water partition coefficient (Wildman–Crippen LogP) is 2.11. The number of benzene rings is 1. The highest BCUT2D eigenvalue weighted by Gasteiger charge is 2.26. The molecule has 2 aromatic rings. The van der Waals surface area contributed by atoms with Gasteiger partial charge in [-0.3, -0.25) is 0 Å². The molecule has 1 aliphatic heterocycles. The van der Waals surface area contributed by atoms with Crippen LogP contribution in [0.1, 0.15) is 18.1 Å². The minimum absolute atomic E-state index is 0.141. The van der Waals surface area contributed by atoms with Crippen LogP contribution >= 0.6 is 0 Å². The minimum Gasteiger partial charge on any atom is -0.485 e. The smallest absolute Gasteiger partial charge is 0.166 e. The van der Waals surface area contributed by atoms with Crippen molar-refractivity contribution in [2.24, 2.45) is 5.73 Å². The maximum absolute atomic E-state index is 14.1. The molecule has 2 heterocycles. The van der Waals surface area contributed by atoms with Crippen molar-refractivity contribution < 1.29 is 9.13 Å². The number of hydrogen-bond donors (Lipinski definition) is 1. The van der Waals surface area contributed by atoms with Gasteiger partial charge in [0.15, 0.2) is 17.4 Å². The van der Waals surface area contributed by atoms with E-state index in [-0.39, 0.29) is 11.9 Å². The maximum atomic E-state index is 14.1. The molecule has 0 unspecified atom stereocenters. The van der Waals surface area contributed by atoms with Crippen LogP contribution < -0.4 is 10.5 Å². The zero-order valence-corrected chi connectivity index (χ0v) is 11.3. The molecule has 5 heteroatoms. The van der Waals surface area contributed by atoms with E-state index >= 15 is 0 Å². The average Bonchev–Trinajstić information content (AvgIpc) is 2.91. The Morgan fingerprint density at radius 1 is 1.35 bits per heavy atom. The standard InChI is InChI=1S/C15H16FN3O/c1-2-9-7-18-15(19-8-9)11-3-10-4-12(6-17)20-14(10)13(16)5-11/h3,5,7-8,12H,2,4,6,17H2,1H3/t12-/m1/s1. The van der Waals surface area contributed by atoms with Crippen LogP contribution in [0.25, 0.3) is 11.4 Å². The van der Waals surface area contributed by atoms with Gasteiger partial charge in [0.2, 0.25) is 0 Å². The summed E-state index contributed by atoms with van der Waals surface area (Å²) >= 11 is 0. The van der Waals surface area contributed by atoms with Crippen molar-refractivity contribution in [2.75, 3.05) is 6.54 Å². The lowest BCUT2D eigenvalue weighted by Gasteiger charge is -2.07. The fourth-order valence-electron chi connectivity index (χ4n) is 2.33. The minimum atomic E-state index is -0.378. The Hall–Kier alpha value is -2.01. The number of nitrogens with two attached hydrogens (primary N) is 1. The van der Waals surface area contributed by atoms with Crippen LogP contribution in [0.5, 0.6) is 5.75 Å². The van der Waals surface area contributed by atoms with Gasteiger partial charge in [-0.15, -0.1) is 0 Å². The SMILES string of the molecule is CCc1cnc(-c2cc(F)c3c(c2)C[C@H](CN)O3)nc1. The van der Waals surface area contributed by atoms with Gasteiger partial charge in [-0.2, -0.15) is 0 Å². The van der Waals surface area contributed by atoms with E-state index in [9.17, 15) is 4.39 Å². The topological polar surface area (TPSA) is 61.0 Å². The summed E-state index contributed by atoms with van der Waals surface area (Å²) in [5.41, 5.74) is 8.13. The largest absolute Gasteiger partial charge is 0.485 e. The lowest BCUT2D eigenvalue weighted by atomic mass is 10.1. The molecule has 104 valence electrons. The fraction of sp³-hybridized carbons (Fsp3) is 0.333. The van der Waals surface area contributed by atoms with E-state index in [1.165, 1.54) is 6.07 Å². The van der Waals surface area contributed by atoms with Crippen molar-refractivity contribution in [1.29, 1.82) is 0 Å². The zero-order chi connectivity index (χ0) is 14.1. The van der Waals surface area contributed by atoms with Crippen molar-refractivity contribution >= 4 is 0 Å². The highest BCUT2D eigenvalue weighted by Crippen LogP contribution is 2.34. The first-order chi connectivity index (χ1) is 9.71. The van der Waals surface area contributed by atoms with Gasteiger partial charge in [0.1, 0.15) is 6.10 Å². The van der Waals surface area contributed by atoms with E-state index in [0.29, 0.717) is 30.1 Å². The van der Waals surface area contributed by atoms with Gasteiger partial charge in [0, 0.05) is 36.5 Å². The van der Waals surface area contributed by atoms with Crippen LogP contribution in [-0.4, -0.2) is 22.6 Å². The van der Waals surface area contributed by atoms with E-state index < -0.39 is 0 Å². The average molecular weight is 273 g/mol. The van der Waals surface area contributed by atoms with Crippen LogP contribution in [0.2, 0.25) is 0 Å². The zero-order valence-electron chi connectivity index (χ0n) is 11.3. The second kappa shape index (κ2) is 5.17. The molecule has 0 amide bonds. The third kappa shape index (κ3) is 2.25. The van der Waals surface area contributed by atoms with Gasteiger partial charge in [-0.1, -0.05) is 6.92 Å². The Kier molecular flexibility index (Phi) is 3.36. The molecule has 3 rings (SSSR count). The molecule has 4 nitrogen and oxygen atoms in total. The number of aromatic nitrogens is 2. The highest BCUT2D eigenvalue weighted by atomic mass is 19.1. The number of aryl methyl sites for hydroxylation is 1. The molecule has 1 aliphatic rings. The van der Waals surface area contributed by atoms with Crippen molar-refractivity contribution in [2.45, 2.75) is 25.9 Å². The van der Waals surface area contributed by atoms with E-state index in [1.807, 2.05) is 13.0 Å². The van der Waals surface area contributed by atoms with Crippen molar-refractivity contribution in [3.8, 4) is 17.1 Å². The molecule has 0 saturated carbocycles. The maximum Gasteiger partial charge on any atom is 0.166 e. The van der Waals surface area contributed by atoms with Gasteiger partial charge in [-0.25, -0.2) is 14.4 Å². The van der Waals surface area contributed by atoms with Crippen LogP contribution in [-0.2, 0) is 12.8 Å². The molecule has 2 N–H and O–H groups in total. The Morgan fingerprint density at radius 3 is 2.75 bits per heavy atom. The van der Waals surface area contributed by atoms with E-state index in [1.54, 1.807) is 12.4 Å². The van der Waals surface area contributed by atoms with E-state index in [0.717, 1.165) is 17.5 Å². The highest BCUT2D eigenvalue weighted by molar-refractivity contribution is 5.60. The molecule has 1 atom stereocenters. The van der Waals surface area contributed by atoms with Crippen LogP contribution in [0.3, 0.4) is 0 Å². The molecule has 0 saturated heterocycles. The summed E-state index contributed by atoms with van der Waals surface area (Å²) in [4.78, 5) is 8.56. The van der Waals surface area contributed by atoms with E-state index in [2.05, 4.69) is 9.97 Å². The van der Waals surface area contributed by atoms with Gasteiger partial charge >= 0.3 is 0 Å². The summed E-state index contributed by atoms with van der Waals surface area (Å²) in [6.45, 7) is 2.42. The Balaban J connectivity index is 1.97. The summed E-state index contributed by atoms with van der Waals surface area (Å²) in [5.74, 6) is 0.464. The molecule has 20 heavy (non-hydrogen) atoms. The van der Waals surface area contributed by atoms with E-state index in [4.69, 9.17) is 10.5 Å². The number of fused-ring (bicyclic) bond motifs is 1. The summed E-state index contributed by atoms with van der Waals surface area (Å²) < 4.78 is 19.5. The van der Waals surface area contributed by atoms with Gasteiger partial charge in [0.05, 0.1) is 0 Å². The third-order valence-corrected chi connectivity index (χ3v) is 3.49. The second-order valence-electron chi connectivity index (χ2n) is 4.89. The van der Waals surface area contributed by atoms with Gasteiger partial charge in [0.25, 0.3) is 0 Å². The van der Waals surface area contributed by atoms with Crippen molar-refractivity contribution in [3.05, 3.63) is 41.5 Å². The second-order valence-corrected chi connectivity index (χ2v) is 4.89. The van der Waals surface area contributed by atoms with Crippen molar-refractivity contribution in [1.82, 2.24) is 9.97 Å². The molecule has 0 radical (unpaired) electrons. The summed E-state index contributed by atoms with van der Waals surface area (Å²) in [5, 5.41) is 0. The summed E-state index contributed by atoms with van der Waals surface area (Å²) in [6.07, 6.45) is 4.91. The molecular weight excluding hydrogens is 257 g/mol. The fourth-order valence-corrected chi connectivity index (χ4v) is 2.33. The normalized spacial score (nSPS) is 16.9. The Labute approximate surface area is 116 Å². The molecule has 0 spiro atoms. The Bertz CT molecular complexity index is 628. The van der Waals surface area contributed by atoms with Crippen molar-refractivity contribution in [3.63, 3.8) is 0 Å². The molecule has 1 aromatic heterocycles. The molecular formula is C15H16FN3O. The Morgan fingerprint density at radius 2 is 2.10 bits per heavy atom. The summed E-state index contributed by atoms with van der Waals surface area (Å²) in [6, 6.07) is 3.30. The number of halogens is 1. The quantitative estimate of drug-likeness (QED) is 0.930. The number of nitrogens with zero attached hydrogens (tertiary/aromatic N) is 2. The lowest BCUT2D eigenvalue weighted by Crippen LogP contribution is -2.24. The molecule has 0 fully saturated rings. The molecule has 1 aromatic carbocycles. The predicted molar refractivity (Wildman–Crippen MR) is 74.0 cm³/mol. The lowest BCUT2D eigenvalue weighted by molar-refractivity contribution is 0.232. The summed E-state index contributed by atoms with van der Waals surface area (Å²) in [7, 11) is 0. The molecule has 0 bridgehead atoms.